The zero-order valence-electron chi connectivity index (χ0n) is 12.0. The van der Waals surface area contributed by atoms with Gasteiger partial charge in [0.1, 0.15) is 0 Å². The molecule has 0 bridgehead atoms. The van der Waals surface area contributed by atoms with E-state index in [2.05, 4.69) is 43.0 Å². The van der Waals surface area contributed by atoms with Gasteiger partial charge in [-0.2, -0.15) is 0 Å². The van der Waals surface area contributed by atoms with Crippen molar-refractivity contribution in [2.45, 2.75) is 33.0 Å². The number of anilines is 1. The Kier molecular flexibility index (Phi) is 5.05. The third-order valence-electron chi connectivity index (χ3n) is 3.39. The van der Waals surface area contributed by atoms with Gasteiger partial charge in [0.05, 0.1) is 0 Å². The molecule has 2 N–H and O–H groups in total. The number of rotatable bonds is 5. The van der Waals surface area contributed by atoms with E-state index in [0.29, 0.717) is 6.04 Å². The normalized spacial score (nSPS) is 11.2. The fourth-order valence-electron chi connectivity index (χ4n) is 2.10. The van der Waals surface area contributed by atoms with Gasteiger partial charge in [-0.15, -0.1) is 0 Å². The number of halogens is 1. The van der Waals surface area contributed by atoms with Gasteiger partial charge in [-0.05, 0) is 49.2 Å². The highest BCUT2D eigenvalue weighted by molar-refractivity contribution is 6.30. The first-order valence-electron chi connectivity index (χ1n) is 6.87. The molecule has 106 valence electrons. The number of nitrogens with two attached hydrogens (primary N) is 1. The van der Waals surface area contributed by atoms with Gasteiger partial charge in [-0.3, -0.25) is 4.90 Å². The second-order valence-electron chi connectivity index (χ2n) is 5.37. The molecule has 0 radical (unpaired) electrons. The van der Waals surface area contributed by atoms with Gasteiger partial charge >= 0.3 is 0 Å². The summed E-state index contributed by atoms with van der Waals surface area (Å²) < 4.78 is 0. The zero-order valence-corrected chi connectivity index (χ0v) is 12.8. The first kappa shape index (κ1) is 14.9. The van der Waals surface area contributed by atoms with Crippen LogP contribution >= 0.6 is 11.6 Å². The van der Waals surface area contributed by atoms with Crippen LogP contribution in [0.15, 0.2) is 48.5 Å². The monoisotopic (exact) mass is 288 g/mol. The molecule has 2 aromatic carbocycles. The molecular weight excluding hydrogens is 268 g/mol. The second kappa shape index (κ2) is 6.78. The molecule has 0 aliphatic rings. The summed E-state index contributed by atoms with van der Waals surface area (Å²) in [5.41, 5.74) is 9.09. The average molecular weight is 289 g/mol. The molecule has 2 aromatic rings. The van der Waals surface area contributed by atoms with Crippen LogP contribution in [0.2, 0.25) is 5.02 Å². The molecule has 0 amide bonds. The van der Waals surface area contributed by atoms with Crippen LogP contribution < -0.4 is 5.73 Å². The standard InChI is InChI=1S/C17H21ClN2/c1-13(2)20(11-14-3-7-16(18)8-4-14)12-15-5-9-17(19)10-6-15/h3-10,13H,11-12,19H2,1-2H3. The number of hydrogen-bond acceptors (Lipinski definition) is 2. The van der Waals surface area contributed by atoms with Crippen molar-refractivity contribution in [2.75, 3.05) is 5.73 Å². The predicted molar refractivity (Wildman–Crippen MR) is 86.7 cm³/mol. The molecule has 0 unspecified atom stereocenters. The lowest BCUT2D eigenvalue weighted by Crippen LogP contribution is -2.29. The summed E-state index contributed by atoms with van der Waals surface area (Å²) >= 11 is 5.93. The summed E-state index contributed by atoms with van der Waals surface area (Å²) in [6, 6.07) is 16.6. The number of nitrogens with zero attached hydrogens (tertiary/aromatic N) is 1. The Balaban J connectivity index is 2.07. The summed E-state index contributed by atoms with van der Waals surface area (Å²) in [5, 5.41) is 0.781. The maximum Gasteiger partial charge on any atom is 0.0406 e. The predicted octanol–water partition coefficient (Wildman–Crippen LogP) is 4.33. The number of benzene rings is 2. The molecule has 0 saturated carbocycles. The van der Waals surface area contributed by atoms with E-state index in [1.807, 2.05) is 24.3 Å². The van der Waals surface area contributed by atoms with Gasteiger partial charge in [-0.1, -0.05) is 35.9 Å². The number of hydrogen-bond donors (Lipinski definition) is 1. The fraction of sp³-hybridized carbons (Fsp3) is 0.294. The van der Waals surface area contributed by atoms with E-state index in [9.17, 15) is 0 Å². The van der Waals surface area contributed by atoms with E-state index >= 15 is 0 Å². The van der Waals surface area contributed by atoms with Gasteiger partial charge in [0.25, 0.3) is 0 Å². The highest BCUT2D eigenvalue weighted by atomic mass is 35.5. The summed E-state index contributed by atoms with van der Waals surface area (Å²) in [7, 11) is 0. The Morgan fingerprint density at radius 2 is 1.35 bits per heavy atom. The average Bonchev–Trinajstić information content (AvgIpc) is 2.42. The summed E-state index contributed by atoms with van der Waals surface area (Å²) in [6.07, 6.45) is 0. The third-order valence-corrected chi connectivity index (χ3v) is 3.65. The molecule has 2 nitrogen and oxygen atoms in total. The Bertz CT molecular complexity index is 484. The smallest absolute Gasteiger partial charge is 0.0406 e. The maximum absolute atomic E-state index is 5.93. The minimum absolute atomic E-state index is 0.475. The minimum Gasteiger partial charge on any atom is -0.399 e. The highest BCUT2D eigenvalue weighted by Gasteiger charge is 2.11. The molecular formula is C17H21ClN2. The third kappa shape index (κ3) is 4.26. The molecule has 20 heavy (non-hydrogen) atoms. The van der Waals surface area contributed by atoms with E-state index in [-0.39, 0.29) is 0 Å². The maximum atomic E-state index is 5.93. The molecule has 0 aliphatic carbocycles. The molecule has 0 aromatic heterocycles. The van der Waals surface area contributed by atoms with E-state index in [4.69, 9.17) is 17.3 Å². The quantitative estimate of drug-likeness (QED) is 0.830. The van der Waals surface area contributed by atoms with E-state index < -0.39 is 0 Å². The van der Waals surface area contributed by atoms with Crippen molar-refractivity contribution in [2.24, 2.45) is 0 Å². The van der Waals surface area contributed by atoms with Gasteiger partial charge < -0.3 is 5.73 Å². The number of nitrogen functional groups attached to an aromatic ring is 1. The first-order chi connectivity index (χ1) is 9.54. The van der Waals surface area contributed by atoms with Crippen LogP contribution in [-0.4, -0.2) is 10.9 Å². The van der Waals surface area contributed by atoms with Crippen LogP contribution in [-0.2, 0) is 13.1 Å². The first-order valence-corrected chi connectivity index (χ1v) is 7.25. The second-order valence-corrected chi connectivity index (χ2v) is 5.80. The van der Waals surface area contributed by atoms with Crippen molar-refractivity contribution in [1.82, 2.24) is 4.90 Å². The van der Waals surface area contributed by atoms with Crippen molar-refractivity contribution < 1.29 is 0 Å². The molecule has 0 spiro atoms. The highest BCUT2D eigenvalue weighted by Crippen LogP contribution is 2.16. The van der Waals surface area contributed by atoms with Crippen LogP contribution in [0.25, 0.3) is 0 Å². The van der Waals surface area contributed by atoms with Crippen LogP contribution in [0, 0.1) is 0 Å². The van der Waals surface area contributed by atoms with Crippen LogP contribution in [0.4, 0.5) is 5.69 Å². The SMILES string of the molecule is CC(C)N(Cc1ccc(N)cc1)Cc1ccc(Cl)cc1. The van der Waals surface area contributed by atoms with E-state index in [1.54, 1.807) is 0 Å². The van der Waals surface area contributed by atoms with Gasteiger partial charge in [0.15, 0.2) is 0 Å². The molecule has 0 fully saturated rings. The lowest BCUT2D eigenvalue weighted by Gasteiger charge is -2.26. The summed E-state index contributed by atoms with van der Waals surface area (Å²) in [4.78, 5) is 2.43. The molecule has 2 rings (SSSR count). The van der Waals surface area contributed by atoms with Crippen molar-refractivity contribution in [3.63, 3.8) is 0 Å². The zero-order chi connectivity index (χ0) is 14.5. The van der Waals surface area contributed by atoms with E-state index in [1.165, 1.54) is 11.1 Å². The molecule has 0 aliphatic heterocycles. The van der Waals surface area contributed by atoms with Crippen molar-refractivity contribution in [3.05, 3.63) is 64.7 Å². The van der Waals surface area contributed by atoms with Crippen LogP contribution in [0.3, 0.4) is 0 Å². The minimum atomic E-state index is 0.475. The van der Waals surface area contributed by atoms with Crippen LogP contribution in [0.5, 0.6) is 0 Å². The Morgan fingerprint density at radius 1 is 0.900 bits per heavy atom. The lowest BCUT2D eigenvalue weighted by atomic mass is 10.1. The molecule has 0 atom stereocenters. The molecule has 3 heteroatoms. The van der Waals surface area contributed by atoms with Crippen molar-refractivity contribution >= 4 is 17.3 Å². The summed E-state index contributed by atoms with van der Waals surface area (Å²) in [5.74, 6) is 0. The molecule has 0 heterocycles. The molecule has 0 saturated heterocycles. The largest absolute Gasteiger partial charge is 0.399 e. The lowest BCUT2D eigenvalue weighted by molar-refractivity contribution is 0.203. The van der Waals surface area contributed by atoms with Crippen molar-refractivity contribution in [3.8, 4) is 0 Å². The Hall–Kier alpha value is -1.51. The van der Waals surface area contributed by atoms with Gasteiger partial charge in [0.2, 0.25) is 0 Å². The van der Waals surface area contributed by atoms with E-state index in [0.717, 1.165) is 23.8 Å². The fourth-order valence-corrected chi connectivity index (χ4v) is 2.23. The topological polar surface area (TPSA) is 29.3 Å². The van der Waals surface area contributed by atoms with Crippen molar-refractivity contribution in [1.29, 1.82) is 0 Å². The Labute approximate surface area is 126 Å². The van der Waals surface area contributed by atoms with Gasteiger partial charge in [0, 0.05) is 29.8 Å². The van der Waals surface area contributed by atoms with Crippen LogP contribution in [0.1, 0.15) is 25.0 Å². The summed E-state index contributed by atoms with van der Waals surface area (Å²) in [6.45, 7) is 6.26. The van der Waals surface area contributed by atoms with Gasteiger partial charge in [-0.25, -0.2) is 0 Å². The Morgan fingerprint density at radius 3 is 1.80 bits per heavy atom.